The van der Waals surface area contributed by atoms with Crippen molar-refractivity contribution in [3.05, 3.63) is 28.2 Å². The van der Waals surface area contributed by atoms with Crippen LogP contribution in [0.25, 0.3) is 0 Å². The lowest BCUT2D eigenvalue weighted by molar-refractivity contribution is 0.0946. The molecule has 1 aliphatic rings. The van der Waals surface area contributed by atoms with Crippen LogP contribution in [-0.2, 0) is 10.0 Å². The van der Waals surface area contributed by atoms with Crippen LogP contribution < -0.4 is 10.5 Å². The first-order valence-corrected chi connectivity index (χ1v) is 8.08. The molecule has 0 spiro atoms. The van der Waals surface area contributed by atoms with E-state index in [1.807, 2.05) is 0 Å². The number of halogens is 1. The maximum Gasteiger partial charge on any atom is 0.251 e. The summed E-state index contributed by atoms with van der Waals surface area (Å²) < 4.78 is 23.1. The summed E-state index contributed by atoms with van der Waals surface area (Å²) >= 11 is 3.18. The molecule has 7 heteroatoms. The highest BCUT2D eigenvalue weighted by molar-refractivity contribution is 9.10. The molecular weight excluding hydrogens is 332 g/mol. The number of carbonyl (C=O) groups excluding carboxylic acids is 1. The molecule has 1 fully saturated rings. The molecule has 2 rings (SSSR count). The fourth-order valence-corrected chi connectivity index (χ4v) is 3.04. The van der Waals surface area contributed by atoms with Gasteiger partial charge in [0.05, 0.1) is 4.90 Å². The first-order valence-electron chi connectivity index (χ1n) is 5.74. The van der Waals surface area contributed by atoms with Crippen molar-refractivity contribution in [3.63, 3.8) is 0 Å². The predicted molar refractivity (Wildman–Crippen MR) is 75.2 cm³/mol. The van der Waals surface area contributed by atoms with Crippen molar-refractivity contribution in [2.75, 3.05) is 0 Å². The van der Waals surface area contributed by atoms with Gasteiger partial charge in [-0.1, -0.05) is 29.8 Å². The zero-order valence-corrected chi connectivity index (χ0v) is 13.0. The Kier molecular flexibility index (Phi) is 3.49. The number of sulfonamides is 1. The van der Waals surface area contributed by atoms with Gasteiger partial charge in [-0.15, -0.1) is 0 Å². The van der Waals surface area contributed by atoms with E-state index in [4.69, 9.17) is 5.14 Å². The molecule has 3 N–H and O–H groups in total. The minimum absolute atomic E-state index is 0.0814. The lowest BCUT2D eigenvalue weighted by Crippen LogP contribution is -2.28. The summed E-state index contributed by atoms with van der Waals surface area (Å²) in [6.45, 7) is 4.13. The van der Waals surface area contributed by atoms with Crippen molar-refractivity contribution in [1.29, 1.82) is 0 Å². The van der Waals surface area contributed by atoms with Crippen LogP contribution in [0.2, 0.25) is 0 Å². The van der Waals surface area contributed by atoms with Gasteiger partial charge in [0.15, 0.2) is 0 Å². The molecule has 1 aromatic carbocycles. The summed E-state index contributed by atoms with van der Waals surface area (Å²) in [4.78, 5) is 12.0. The maximum atomic E-state index is 12.0. The van der Waals surface area contributed by atoms with Gasteiger partial charge in [0.25, 0.3) is 5.91 Å². The standard InChI is InChI=1S/C12H15BrN2O3S/c1-12(2)6-10(12)15-11(16)7-3-8(13)5-9(4-7)19(14,17)18/h3-5,10H,6H2,1-2H3,(H,15,16)(H2,14,17,18). The molecule has 1 unspecified atom stereocenters. The maximum absolute atomic E-state index is 12.0. The average Bonchev–Trinajstić information content (AvgIpc) is 2.83. The minimum atomic E-state index is -3.83. The molecule has 1 aliphatic carbocycles. The van der Waals surface area contributed by atoms with Gasteiger partial charge in [-0.3, -0.25) is 4.79 Å². The van der Waals surface area contributed by atoms with Gasteiger partial charge in [-0.25, -0.2) is 13.6 Å². The summed E-state index contributed by atoms with van der Waals surface area (Å²) in [5, 5.41) is 7.94. The van der Waals surface area contributed by atoms with E-state index in [1.54, 1.807) is 6.07 Å². The molecule has 1 amide bonds. The second-order valence-electron chi connectivity index (χ2n) is 5.44. The Bertz CT molecular complexity index is 640. The highest BCUT2D eigenvalue weighted by Gasteiger charge is 2.46. The van der Waals surface area contributed by atoms with Gasteiger partial charge in [0, 0.05) is 16.1 Å². The van der Waals surface area contributed by atoms with Crippen LogP contribution >= 0.6 is 15.9 Å². The number of benzene rings is 1. The van der Waals surface area contributed by atoms with Gasteiger partial charge in [0.2, 0.25) is 10.0 Å². The van der Waals surface area contributed by atoms with Crippen LogP contribution in [0.3, 0.4) is 0 Å². The van der Waals surface area contributed by atoms with E-state index in [-0.39, 0.29) is 27.8 Å². The average molecular weight is 347 g/mol. The summed E-state index contributed by atoms with van der Waals surface area (Å²) in [7, 11) is -3.83. The highest BCUT2D eigenvalue weighted by Crippen LogP contribution is 2.44. The van der Waals surface area contributed by atoms with Crippen molar-refractivity contribution in [3.8, 4) is 0 Å². The smallest absolute Gasteiger partial charge is 0.251 e. The number of nitrogens with one attached hydrogen (secondary N) is 1. The van der Waals surface area contributed by atoms with Crippen molar-refractivity contribution in [2.45, 2.75) is 31.2 Å². The van der Waals surface area contributed by atoms with Crippen molar-refractivity contribution >= 4 is 31.9 Å². The minimum Gasteiger partial charge on any atom is -0.349 e. The SMILES string of the molecule is CC1(C)CC1NC(=O)c1cc(Br)cc(S(N)(=O)=O)c1. The number of hydrogen-bond donors (Lipinski definition) is 2. The van der Waals surface area contributed by atoms with Crippen molar-refractivity contribution < 1.29 is 13.2 Å². The number of carbonyl (C=O) groups is 1. The molecule has 0 aliphatic heterocycles. The largest absolute Gasteiger partial charge is 0.349 e. The van der Waals surface area contributed by atoms with E-state index < -0.39 is 10.0 Å². The first kappa shape index (κ1) is 14.5. The van der Waals surface area contributed by atoms with Crippen molar-refractivity contribution in [2.24, 2.45) is 10.6 Å². The number of nitrogens with two attached hydrogens (primary N) is 1. The van der Waals surface area contributed by atoms with Crippen LogP contribution in [0.15, 0.2) is 27.6 Å². The van der Waals surface area contributed by atoms with E-state index in [9.17, 15) is 13.2 Å². The summed E-state index contributed by atoms with van der Waals surface area (Å²) in [6, 6.07) is 4.36. The summed E-state index contributed by atoms with van der Waals surface area (Å²) in [5.74, 6) is -0.290. The Morgan fingerprint density at radius 2 is 2.00 bits per heavy atom. The Morgan fingerprint density at radius 1 is 1.42 bits per heavy atom. The lowest BCUT2D eigenvalue weighted by atomic mass is 10.1. The fourth-order valence-electron chi connectivity index (χ4n) is 1.81. The number of hydrogen-bond acceptors (Lipinski definition) is 3. The van der Waals surface area contributed by atoms with Gasteiger partial charge < -0.3 is 5.32 Å². The highest BCUT2D eigenvalue weighted by atomic mass is 79.9. The Labute approximate surface area is 120 Å². The molecule has 19 heavy (non-hydrogen) atoms. The van der Waals surface area contributed by atoms with Crippen LogP contribution in [0.4, 0.5) is 0 Å². The first-order chi connectivity index (χ1) is 8.59. The number of primary sulfonamides is 1. The third-order valence-corrected chi connectivity index (χ3v) is 4.63. The fraction of sp³-hybridized carbons (Fsp3) is 0.417. The summed E-state index contributed by atoms with van der Waals surface area (Å²) in [5.41, 5.74) is 0.394. The molecule has 104 valence electrons. The molecule has 1 saturated carbocycles. The molecule has 1 atom stereocenters. The van der Waals surface area contributed by atoms with Gasteiger partial charge in [-0.2, -0.15) is 0 Å². The van der Waals surface area contributed by atoms with Crippen LogP contribution in [-0.4, -0.2) is 20.4 Å². The van der Waals surface area contributed by atoms with Crippen LogP contribution in [0.5, 0.6) is 0 Å². The second kappa shape index (κ2) is 4.57. The third-order valence-electron chi connectivity index (χ3n) is 3.28. The van der Waals surface area contributed by atoms with E-state index in [0.717, 1.165) is 6.42 Å². The van der Waals surface area contributed by atoms with Crippen LogP contribution in [0.1, 0.15) is 30.6 Å². The zero-order chi connectivity index (χ0) is 14.4. The van der Waals surface area contributed by atoms with Gasteiger partial charge in [-0.05, 0) is 30.0 Å². The number of rotatable bonds is 3. The number of amides is 1. The lowest BCUT2D eigenvalue weighted by Gasteiger charge is -2.08. The van der Waals surface area contributed by atoms with Crippen LogP contribution in [0, 0.1) is 5.41 Å². The molecule has 5 nitrogen and oxygen atoms in total. The van der Waals surface area contributed by atoms with Gasteiger partial charge in [0.1, 0.15) is 0 Å². The zero-order valence-electron chi connectivity index (χ0n) is 10.6. The monoisotopic (exact) mass is 346 g/mol. The van der Waals surface area contributed by atoms with Crippen molar-refractivity contribution in [1.82, 2.24) is 5.32 Å². The molecular formula is C12H15BrN2O3S. The predicted octanol–water partition coefficient (Wildman–Crippen LogP) is 1.62. The Balaban J connectivity index is 2.25. The second-order valence-corrected chi connectivity index (χ2v) is 7.92. The molecule has 0 saturated heterocycles. The van der Waals surface area contributed by atoms with E-state index in [1.165, 1.54) is 12.1 Å². The molecule has 1 aromatic rings. The van der Waals surface area contributed by atoms with E-state index in [2.05, 4.69) is 35.1 Å². The van der Waals surface area contributed by atoms with Gasteiger partial charge >= 0.3 is 0 Å². The summed E-state index contributed by atoms with van der Waals surface area (Å²) in [6.07, 6.45) is 0.925. The molecule has 0 heterocycles. The normalized spacial score (nSPS) is 20.9. The van der Waals surface area contributed by atoms with E-state index >= 15 is 0 Å². The third kappa shape index (κ3) is 3.34. The van der Waals surface area contributed by atoms with E-state index in [0.29, 0.717) is 4.47 Å². The molecule has 0 bridgehead atoms. The molecule has 0 aromatic heterocycles. The topological polar surface area (TPSA) is 89.3 Å². The molecule has 0 radical (unpaired) electrons. The Hall–Kier alpha value is -0.920. The Morgan fingerprint density at radius 3 is 2.47 bits per heavy atom. The quantitative estimate of drug-likeness (QED) is 0.871.